The van der Waals surface area contributed by atoms with Crippen molar-refractivity contribution in [3.05, 3.63) is 48.3 Å². The highest BCUT2D eigenvalue weighted by atomic mass is 19.1. The van der Waals surface area contributed by atoms with Crippen LogP contribution in [-0.2, 0) is 11.3 Å². The number of halogens is 1. The molecule has 0 radical (unpaired) electrons. The summed E-state index contributed by atoms with van der Waals surface area (Å²) in [6, 6.07) is 6.31. The molecule has 0 bridgehead atoms. The maximum Gasteiger partial charge on any atom is 0.234 e. The summed E-state index contributed by atoms with van der Waals surface area (Å²) in [5, 5.41) is 7.38. The van der Waals surface area contributed by atoms with Crippen molar-refractivity contribution in [1.82, 2.24) is 25.0 Å². The fourth-order valence-corrected chi connectivity index (χ4v) is 4.04. The first kappa shape index (κ1) is 21.4. The molecule has 1 aromatic carbocycles. The number of carbonyl (C=O) groups excluding carboxylic acids is 1. The lowest BCUT2D eigenvalue weighted by Crippen LogP contribution is -2.44. The lowest BCUT2D eigenvalue weighted by Gasteiger charge is -2.33. The first-order valence-electron chi connectivity index (χ1n) is 10.4. The van der Waals surface area contributed by atoms with Crippen LogP contribution in [0.2, 0.25) is 0 Å². The van der Waals surface area contributed by atoms with E-state index in [-0.39, 0.29) is 23.2 Å². The van der Waals surface area contributed by atoms with Gasteiger partial charge in [0.15, 0.2) is 0 Å². The third kappa shape index (κ3) is 6.92. The Morgan fingerprint density at radius 1 is 1.31 bits per heavy atom. The van der Waals surface area contributed by atoms with Crippen LogP contribution in [0.5, 0.6) is 0 Å². The van der Waals surface area contributed by atoms with Gasteiger partial charge in [-0.2, -0.15) is 5.10 Å². The summed E-state index contributed by atoms with van der Waals surface area (Å²) in [5.74, 6) is 0.229. The van der Waals surface area contributed by atoms with E-state index in [2.05, 4.69) is 41.1 Å². The molecular formula is C22H32FN5O. The van der Waals surface area contributed by atoms with Gasteiger partial charge in [-0.3, -0.25) is 14.4 Å². The number of likely N-dealkylation sites (tertiary alicyclic amines) is 1. The first-order valence-corrected chi connectivity index (χ1v) is 10.4. The van der Waals surface area contributed by atoms with Crippen LogP contribution in [0.25, 0.3) is 0 Å². The molecule has 1 saturated heterocycles. The molecule has 1 aliphatic heterocycles. The minimum atomic E-state index is -0.263. The number of aromatic nitrogens is 3. The highest BCUT2D eigenvalue weighted by molar-refractivity contribution is 5.78. The molecule has 1 amide bonds. The smallest absolute Gasteiger partial charge is 0.234 e. The van der Waals surface area contributed by atoms with Crippen molar-refractivity contribution in [2.24, 2.45) is 11.3 Å². The van der Waals surface area contributed by atoms with Gasteiger partial charge in [-0.25, -0.2) is 9.37 Å². The second kappa shape index (κ2) is 9.48. The van der Waals surface area contributed by atoms with E-state index in [9.17, 15) is 9.18 Å². The summed E-state index contributed by atoms with van der Waals surface area (Å²) in [5.41, 5.74) is 0.984. The molecule has 29 heavy (non-hydrogen) atoms. The molecule has 2 heterocycles. The molecule has 1 N–H and O–H groups in total. The van der Waals surface area contributed by atoms with Gasteiger partial charge >= 0.3 is 0 Å². The molecule has 1 fully saturated rings. The van der Waals surface area contributed by atoms with E-state index in [0.29, 0.717) is 12.5 Å². The van der Waals surface area contributed by atoms with Crippen LogP contribution in [0.1, 0.15) is 51.6 Å². The van der Waals surface area contributed by atoms with Crippen molar-refractivity contribution < 1.29 is 9.18 Å². The molecule has 6 nitrogen and oxygen atoms in total. The molecule has 2 atom stereocenters. The van der Waals surface area contributed by atoms with Crippen LogP contribution in [0.3, 0.4) is 0 Å². The molecule has 1 aliphatic rings. The Hall–Kier alpha value is -2.28. The molecule has 7 heteroatoms. The molecule has 0 saturated carbocycles. The predicted molar refractivity (Wildman–Crippen MR) is 111 cm³/mol. The van der Waals surface area contributed by atoms with E-state index in [1.165, 1.54) is 12.1 Å². The van der Waals surface area contributed by atoms with E-state index < -0.39 is 0 Å². The van der Waals surface area contributed by atoms with Crippen LogP contribution in [0.15, 0.2) is 36.9 Å². The highest BCUT2D eigenvalue weighted by Gasteiger charge is 2.25. The summed E-state index contributed by atoms with van der Waals surface area (Å²) in [6.07, 6.45) is 6.31. The lowest BCUT2D eigenvalue weighted by molar-refractivity contribution is -0.123. The van der Waals surface area contributed by atoms with Gasteiger partial charge in [0.25, 0.3) is 0 Å². The molecule has 0 spiro atoms. The first-order chi connectivity index (χ1) is 13.8. The molecule has 1 aromatic heterocycles. The summed E-state index contributed by atoms with van der Waals surface area (Å²) in [6.45, 7) is 9.48. The molecule has 2 aromatic rings. The summed E-state index contributed by atoms with van der Waals surface area (Å²) < 4.78 is 15.2. The monoisotopic (exact) mass is 401 g/mol. The predicted octanol–water partition coefficient (Wildman–Crippen LogP) is 3.42. The zero-order valence-electron chi connectivity index (χ0n) is 17.6. The van der Waals surface area contributed by atoms with Crippen LogP contribution >= 0.6 is 0 Å². The average molecular weight is 402 g/mol. The Balaban J connectivity index is 1.58. The Morgan fingerprint density at radius 2 is 2.07 bits per heavy atom. The van der Waals surface area contributed by atoms with Crippen molar-refractivity contribution in [2.45, 2.75) is 52.6 Å². The van der Waals surface area contributed by atoms with E-state index in [1.807, 2.05) is 4.68 Å². The largest absolute Gasteiger partial charge is 0.348 e. The van der Waals surface area contributed by atoms with Crippen molar-refractivity contribution >= 4 is 5.91 Å². The third-order valence-corrected chi connectivity index (χ3v) is 5.31. The number of carbonyl (C=O) groups is 1. The van der Waals surface area contributed by atoms with Crippen LogP contribution in [0, 0.1) is 17.2 Å². The molecular weight excluding hydrogens is 369 g/mol. The van der Waals surface area contributed by atoms with Gasteiger partial charge in [0.05, 0.1) is 12.6 Å². The van der Waals surface area contributed by atoms with Crippen molar-refractivity contribution in [3.63, 3.8) is 0 Å². The maximum atomic E-state index is 13.3. The maximum absolute atomic E-state index is 13.3. The van der Waals surface area contributed by atoms with Gasteiger partial charge in [-0.15, -0.1) is 0 Å². The van der Waals surface area contributed by atoms with Crippen molar-refractivity contribution in [1.29, 1.82) is 0 Å². The van der Waals surface area contributed by atoms with Gasteiger partial charge in [0.1, 0.15) is 18.5 Å². The summed E-state index contributed by atoms with van der Waals surface area (Å²) in [4.78, 5) is 19.0. The number of rotatable bonds is 7. The van der Waals surface area contributed by atoms with Crippen molar-refractivity contribution in [3.8, 4) is 0 Å². The highest BCUT2D eigenvalue weighted by Crippen LogP contribution is 2.29. The van der Waals surface area contributed by atoms with Gasteiger partial charge in [0.2, 0.25) is 5.91 Å². The Labute approximate surface area is 172 Å². The normalized spacial score (nSPS) is 19.1. The lowest BCUT2D eigenvalue weighted by atomic mass is 9.85. The standard InChI is InChI=1S/C22H32FN5O/c1-22(2,3)11-20(18-6-8-19(23)9-7-18)26-21(29)14-27-10-4-5-17(12-27)13-28-16-24-15-25-28/h6-9,15-17,20H,4-5,10-14H2,1-3H3,(H,26,29). The topological polar surface area (TPSA) is 63.1 Å². The van der Waals surface area contributed by atoms with Gasteiger partial charge < -0.3 is 5.32 Å². The second-order valence-corrected chi connectivity index (χ2v) is 9.30. The van der Waals surface area contributed by atoms with Gasteiger partial charge in [-0.1, -0.05) is 32.9 Å². The second-order valence-electron chi connectivity index (χ2n) is 9.30. The van der Waals surface area contributed by atoms with E-state index in [4.69, 9.17) is 0 Å². The van der Waals surface area contributed by atoms with Crippen molar-refractivity contribution in [2.75, 3.05) is 19.6 Å². The summed E-state index contributed by atoms with van der Waals surface area (Å²) >= 11 is 0. The van der Waals surface area contributed by atoms with E-state index in [0.717, 1.165) is 44.5 Å². The Bertz CT molecular complexity index is 770. The average Bonchev–Trinajstić information content (AvgIpc) is 3.14. The number of piperidine rings is 1. The third-order valence-electron chi connectivity index (χ3n) is 5.31. The Morgan fingerprint density at radius 3 is 2.72 bits per heavy atom. The fraction of sp³-hybridized carbons (Fsp3) is 0.591. The van der Waals surface area contributed by atoms with E-state index in [1.54, 1.807) is 24.8 Å². The quantitative estimate of drug-likeness (QED) is 0.772. The molecule has 3 rings (SSSR count). The zero-order valence-corrected chi connectivity index (χ0v) is 17.6. The summed E-state index contributed by atoms with van der Waals surface area (Å²) in [7, 11) is 0. The molecule has 158 valence electrons. The number of benzene rings is 1. The zero-order chi connectivity index (χ0) is 20.9. The minimum absolute atomic E-state index is 0.0185. The van der Waals surface area contributed by atoms with Crippen LogP contribution in [-0.4, -0.2) is 45.2 Å². The number of hydrogen-bond donors (Lipinski definition) is 1. The molecule has 2 unspecified atom stereocenters. The van der Waals surface area contributed by atoms with E-state index >= 15 is 0 Å². The van der Waals surface area contributed by atoms with Crippen LogP contribution in [0.4, 0.5) is 4.39 Å². The number of nitrogens with one attached hydrogen (secondary N) is 1. The number of hydrogen-bond acceptors (Lipinski definition) is 4. The number of nitrogens with zero attached hydrogens (tertiary/aromatic N) is 4. The minimum Gasteiger partial charge on any atom is -0.348 e. The fourth-order valence-electron chi connectivity index (χ4n) is 4.04. The van der Waals surface area contributed by atoms with Gasteiger partial charge in [-0.05, 0) is 54.8 Å². The number of amides is 1. The van der Waals surface area contributed by atoms with Gasteiger partial charge in [0, 0.05) is 13.1 Å². The SMILES string of the molecule is CC(C)(C)CC(NC(=O)CN1CCCC(Cn2cncn2)C1)c1ccc(F)cc1. The molecule has 0 aliphatic carbocycles. The Kier molecular flexibility index (Phi) is 7.00. The van der Waals surface area contributed by atoms with Crippen LogP contribution < -0.4 is 5.32 Å².